The Bertz CT molecular complexity index is 891. The van der Waals surface area contributed by atoms with Gasteiger partial charge in [0, 0.05) is 11.6 Å². The van der Waals surface area contributed by atoms with Gasteiger partial charge in [0.05, 0.1) is 25.3 Å². The molecule has 8 heteroatoms. The van der Waals surface area contributed by atoms with Gasteiger partial charge in [0.2, 0.25) is 5.82 Å². The average Bonchev–Trinajstić information content (AvgIpc) is 3.10. The molecule has 0 aliphatic heterocycles. The average molecular weight is 350 g/mol. The predicted molar refractivity (Wildman–Crippen MR) is 83.3 cm³/mol. The highest BCUT2D eigenvalue weighted by Crippen LogP contribution is 2.34. The molecule has 130 valence electrons. The summed E-state index contributed by atoms with van der Waals surface area (Å²) in [6.45, 7) is 0. The standard InChI is InChI=1S/C17H13F3N2O3/c1-23-12-6-7-13(14(9-12)24-2)16-21-15(22-25-16)10-4-3-5-11(8-10)17(18,19)20/h3-9H,1-2H3. The molecule has 0 aliphatic rings. The van der Waals surface area contributed by atoms with E-state index in [0.29, 0.717) is 17.1 Å². The molecule has 0 fully saturated rings. The van der Waals surface area contributed by atoms with E-state index in [9.17, 15) is 13.2 Å². The molecular weight excluding hydrogens is 337 g/mol. The largest absolute Gasteiger partial charge is 0.497 e. The number of halogens is 3. The molecule has 0 saturated carbocycles. The van der Waals surface area contributed by atoms with Gasteiger partial charge in [-0.15, -0.1) is 0 Å². The molecule has 0 radical (unpaired) electrons. The third-order valence-electron chi connectivity index (χ3n) is 3.51. The summed E-state index contributed by atoms with van der Waals surface area (Å²) in [5.74, 6) is 1.21. The Morgan fingerprint density at radius 1 is 1.00 bits per heavy atom. The number of nitrogens with zero attached hydrogens (tertiary/aromatic N) is 2. The molecule has 1 heterocycles. The molecule has 0 amide bonds. The second-order valence-corrected chi connectivity index (χ2v) is 5.07. The zero-order valence-corrected chi connectivity index (χ0v) is 13.3. The minimum atomic E-state index is -4.44. The Balaban J connectivity index is 1.99. The quantitative estimate of drug-likeness (QED) is 0.696. The van der Waals surface area contributed by atoms with Gasteiger partial charge in [0.15, 0.2) is 0 Å². The topological polar surface area (TPSA) is 57.4 Å². The molecule has 3 aromatic rings. The van der Waals surface area contributed by atoms with Crippen LogP contribution in [0.3, 0.4) is 0 Å². The summed E-state index contributed by atoms with van der Waals surface area (Å²) in [5, 5.41) is 3.76. The molecule has 0 bridgehead atoms. The summed E-state index contributed by atoms with van der Waals surface area (Å²) < 4.78 is 54.1. The maximum absolute atomic E-state index is 12.8. The van der Waals surface area contributed by atoms with E-state index in [1.54, 1.807) is 18.2 Å². The number of aromatic nitrogens is 2. The van der Waals surface area contributed by atoms with Crippen molar-refractivity contribution in [1.82, 2.24) is 10.1 Å². The first-order valence-corrected chi connectivity index (χ1v) is 7.16. The van der Waals surface area contributed by atoms with E-state index >= 15 is 0 Å². The van der Waals surface area contributed by atoms with Crippen LogP contribution >= 0.6 is 0 Å². The molecule has 3 rings (SSSR count). The molecule has 0 spiro atoms. The van der Waals surface area contributed by atoms with Crippen molar-refractivity contribution in [3.63, 3.8) is 0 Å². The second-order valence-electron chi connectivity index (χ2n) is 5.07. The van der Waals surface area contributed by atoms with Crippen LogP contribution < -0.4 is 9.47 Å². The van der Waals surface area contributed by atoms with E-state index in [4.69, 9.17) is 14.0 Å². The van der Waals surface area contributed by atoms with E-state index in [0.717, 1.165) is 12.1 Å². The van der Waals surface area contributed by atoms with Crippen LogP contribution in [0.15, 0.2) is 47.0 Å². The fraction of sp³-hybridized carbons (Fsp3) is 0.176. The van der Waals surface area contributed by atoms with Crippen molar-refractivity contribution >= 4 is 0 Å². The highest BCUT2D eigenvalue weighted by molar-refractivity contribution is 5.66. The Hall–Kier alpha value is -3.03. The first kappa shape index (κ1) is 16.8. The van der Waals surface area contributed by atoms with Crippen LogP contribution in [0.1, 0.15) is 5.56 Å². The highest BCUT2D eigenvalue weighted by atomic mass is 19.4. The predicted octanol–water partition coefficient (Wildman–Crippen LogP) is 4.44. The van der Waals surface area contributed by atoms with Gasteiger partial charge < -0.3 is 14.0 Å². The second kappa shape index (κ2) is 6.46. The van der Waals surface area contributed by atoms with Gasteiger partial charge >= 0.3 is 6.18 Å². The fourth-order valence-corrected chi connectivity index (χ4v) is 2.26. The van der Waals surface area contributed by atoms with Gasteiger partial charge in [-0.25, -0.2) is 0 Å². The zero-order chi connectivity index (χ0) is 18.0. The Morgan fingerprint density at radius 2 is 1.80 bits per heavy atom. The minimum Gasteiger partial charge on any atom is -0.497 e. The van der Waals surface area contributed by atoms with Crippen LogP contribution in [0.5, 0.6) is 11.5 Å². The lowest BCUT2D eigenvalue weighted by Crippen LogP contribution is -2.04. The van der Waals surface area contributed by atoms with Gasteiger partial charge in [-0.3, -0.25) is 0 Å². The summed E-state index contributed by atoms with van der Waals surface area (Å²) in [6, 6.07) is 9.73. The van der Waals surface area contributed by atoms with Crippen LogP contribution in [0, 0.1) is 0 Å². The third-order valence-corrected chi connectivity index (χ3v) is 3.51. The summed E-state index contributed by atoms with van der Waals surface area (Å²) in [7, 11) is 3.00. The van der Waals surface area contributed by atoms with Crippen molar-refractivity contribution in [1.29, 1.82) is 0 Å². The van der Waals surface area contributed by atoms with E-state index < -0.39 is 11.7 Å². The number of hydrogen-bond acceptors (Lipinski definition) is 5. The normalized spacial score (nSPS) is 11.4. The van der Waals surface area contributed by atoms with E-state index in [1.165, 1.54) is 26.4 Å². The molecule has 0 saturated heterocycles. The SMILES string of the molecule is COc1ccc(-c2nc(-c3cccc(C(F)(F)F)c3)no2)c(OC)c1. The van der Waals surface area contributed by atoms with Crippen LogP contribution in [0.2, 0.25) is 0 Å². The Kier molecular flexibility index (Phi) is 4.35. The van der Waals surface area contributed by atoms with Gasteiger partial charge in [-0.05, 0) is 24.3 Å². The van der Waals surface area contributed by atoms with Crippen molar-refractivity contribution in [2.24, 2.45) is 0 Å². The highest BCUT2D eigenvalue weighted by Gasteiger charge is 2.30. The lowest BCUT2D eigenvalue weighted by molar-refractivity contribution is -0.137. The Labute approximate surface area is 141 Å². The summed E-state index contributed by atoms with van der Waals surface area (Å²) in [4.78, 5) is 4.17. The number of hydrogen-bond donors (Lipinski definition) is 0. The van der Waals surface area contributed by atoms with Gasteiger partial charge in [0.1, 0.15) is 11.5 Å². The lowest BCUT2D eigenvalue weighted by Gasteiger charge is -2.07. The van der Waals surface area contributed by atoms with Gasteiger partial charge in [0.25, 0.3) is 5.89 Å². The first-order chi connectivity index (χ1) is 11.9. The summed E-state index contributed by atoms with van der Waals surface area (Å²) in [6.07, 6.45) is -4.44. The molecular formula is C17H13F3N2O3. The number of ether oxygens (including phenoxy) is 2. The van der Waals surface area contributed by atoms with Crippen LogP contribution in [-0.2, 0) is 6.18 Å². The number of rotatable bonds is 4. The fourth-order valence-electron chi connectivity index (χ4n) is 2.26. The van der Waals surface area contributed by atoms with Crippen molar-refractivity contribution in [2.75, 3.05) is 14.2 Å². The van der Waals surface area contributed by atoms with Gasteiger partial charge in [-0.2, -0.15) is 18.2 Å². The summed E-state index contributed by atoms with van der Waals surface area (Å²) >= 11 is 0. The molecule has 0 N–H and O–H groups in total. The Morgan fingerprint density at radius 3 is 2.48 bits per heavy atom. The molecule has 25 heavy (non-hydrogen) atoms. The van der Waals surface area contributed by atoms with E-state index in [-0.39, 0.29) is 17.3 Å². The smallest absolute Gasteiger partial charge is 0.416 e. The van der Waals surface area contributed by atoms with Gasteiger partial charge in [-0.1, -0.05) is 17.3 Å². The van der Waals surface area contributed by atoms with Crippen molar-refractivity contribution in [3.8, 4) is 34.3 Å². The number of alkyl halides is 3. The van der Waals surface area contributed by atoms with Crippen molar-refractivity contribution in [3.05, 3.63) is 48.0 Å². The lowest BCUT2D eigenvalue weighted by atomic mass is 10.1. The monoisotopic (exact) mass is 350 g/mol. The van der Waals surface area contributed by atoms with Crippen molar-refractivity contribution < 1.29 is 27.2 Å². The van der Waals surface area contributed by atoms with E-state index in [2.05, 4.69) is 10.1 Å². The van der Waals surface area contributed by atoms with Crippen LogP contribution in [0.25, 0.3) is 22.8 Å². The molecule has 1 aromatic heterocycles. The summed E-state index contributed by atoms with van der Waals surface area (Å²) in [5.41, 5.74) is -0.0651. The third kappa shape index (κ3) is 3.42. The minimum absolute atomic E-state index is 0.0546. The van der Waals surface area contributed by atoms with Crippen molar-refractivity contribution in [2.45, 2.75) is 6.18 Å². The maximum atomic E-state index is 12.8. The maximum Gasteiger partial charge on any atom is 0.416 e. The zero-order valence-electron chi connectivity index (χ0n) is 13.3. The molecule has 0 aliphatic carbocycles. The first-order valence-electron chi connectivity index (χ1n) is 7.16. The van der Waals surface area contributed by atoms with E-state index in [1.807, 2.05) is 0 Å². The molecule has 0 unspecified atom stereocenters. The number of benzene rings is 2. The molecule has 0 atom stereocenters. The molecule has 5 nitrogen and oxygen atoms in total. The molecule has 2 aromatic carbocycles. The number of methoxy groups -OCH3 is 2. The van der Waals surface area contributed by atoms with Crippen LogP contribution in [0.4, 0.5) is 13.2 Å². The van der Waals surface area contributed by atoms with Crippen LogP contribution in [-0.4, -0.2) is 24.4 Å².